The molecule has 1 N–H and O–H groups in total. The minimum absolute atomic E-state index is 0.147. The summed E-state index contributed by atoms with van der Waals surface area (Å²) in [7, 11) is -2.15. The SMILES string of the molecule is COc1cc(CO)ccc1S(=O)(=O)N1CCCC1(C)C. The summed E-state index contributed by atoms with van der Waals surface area (Å²) in [5, 5.41) is 9.13. The molecule has 0 atom stereocenters. The smallest absolute Gasteiger partial charge is 0.247 e. The molecule has 5 nitrogen and oxygen atoms in total. The fourth-order valence-corrected chi connectivity index (χ4v) is 4.66. The van der Waals surface area contributed by atoms with Crippen molar-refractivity contribution in [2.24, 2.45) is 0 Å². The number of hydrogen-bond donors (Lipinski definition) is 1. The number of methoxy groups -OCH3 is 1. The first kappa shape index (κ1) is 15.3. The zero-order chi connectivity index (χ0) is 15.0. The number of aliphatic hydroxyl groups excluding tert-OH is 1. The fraction of sp³-hybridized carbons (Fsp3) is 0.571. The van der Waals surface area contributed by atoms with Crippen molar-refractivity contribution < 1.29 is 18.3 Å². The van der Waals surface area contributed by atoms with E-state index in [-0.39, 0.29) is 22.8 Å². The van der Waals surface area contributed by atoms with Crippen molar-refractivity contribution in [2.75, 3.05) is 13.7 Å². The molecule has 0 unspecified atom stereocenters. The third-order valence-electron chi connectivity index (χ3n) is 3.80. The molecule has 0 bridgehead atoms. The van der Waals surface area contributed by atoms with Crippen molar-refractivity contribution >= 4 is 10.0 Å². The molecule has 0 spiro atoms. The highest BCUT2D eigenvalue weighted by atomic mass is 32.2. The zero-order valence-electron chi connectivity index (χ0n) is 12.1. The molecule has 0 amide bonds. The standard InChI is InChI=1S/C14H21NO4S/c1-14(2)7-4-8-15(14)20(17,18)13-6-5-11(10-16)9-12(13)19-3/h5-6,9,16H,4,7-8,10H2,1-3H3. The van der Waals surface area contributed by atoms with Crippen molar-refractivity contribution in [3.05, 3.63) is 23.8 Å². The van der Waals surface area contributed by atoms with Gasteiger partial charge in [0, 0.05) is 12.1 Å². The van der Waals surface area contributed by atoms with Gasteiger partial charge in [0.05, 0.1) is 13.7 Å². The highest BCUT2D eigenvalue weighted by molar-refractivity contribution is 7.89. The molecule has 1 aliphatic rings. The van der Waals surface area contributed by atoms with E-state index >= 15 is 0 Å². The molecule has 1 fully saturated rings. The van der Waals surface area contributed by atoms with Crippen molar-refractivity contribution in [3.8, 4) is 5.75 Å². The number of hydrogen-bond acceptors (Lipinski definition) is 4. The topological polar surface area (TPSA) is 66.8 Å². The maximum absolute atomic E-state index is 12.8. The van der Waals surface area contributed by atoms with Gasteiger partial charge in [-0.15, -0.1) is 0 Å². The second kappa shape index (κ2) is 5.35. The van der Waals surface area contributed by atoms with E-state index in [4.69, 9.17) is 9.84 Å². The summed E-state index contributed by atoms with van der Waals surface area (Å²) < 4.78 is 32.3. The van der Waals surface area contributed by atoms with Crippen molar-refractivity contribution in [1.82, 2.24) is 4.31 Å². The summed E-state index contributed by atoms with van der Waals surface area (Å²) in [6, 6.07) is 4.68. The second-order valence-corrected chi connectivity index (χ2v) is 7.47. The van der Waals surface area contributed by atoms with Crippen LogP contribution in [0.25, 0.3) is 0 Å². The van der Waals surface area contributed by atoms with Crippen LogP contribution in [-0.2, 0) is 16.6 Å². The summed E-state index contributed by atoms with van der Waals surface area (Å²) in [5.41, 5.74) is 0.251. The molecule has 0 aromatic heterocycles. The van der Waals surface area contributed by atoms with Gasteiger partial charge >= 0.3 is 0 Å². The van der Waals surface area contributed by atoms with Crippen LogP contribution in [0, 0.1) is 0 Å². The van der Waals surface area contributed by atoms with Crippen LogP contribution in [0.3, 0.4) is 0 Å². The molecule has 1 saturated heterocycles. The highest BCUT2D eigenvalue weighted by Gasteiger charge is 2.41. The summed E-state index contributed by atoms with van der Waals surface area (Å²) >= 11 is 0. The van der Waals surface area contributed by atoms with E-state index in [0.29, 0.717) is 12.1 Å². The fourth-order valence-electron chi connectivity index (χ4n) is 2.67. The van der Waals surface area contributed by atoms with Crippen LogP contribution in [0.15, 0.2) is 23.1 Å². The third kappa shape index (κ3) is 2.55. The Kier molecular flexibility index (Phi) is 4.09. The van der Waals surface area contributed by atoms with Crippen molar-refractivity contribution in [3.63, 3.8) is 0 Å². The van der Waals surface area contributed by atoms with Gasteiger partial charge in [0.1, 0.15) is 10.6 Å². The normalized spacial score (nSPS) is 19.2. The Hall–Kier alpha value is -1.11. The lowest BCUT2D eigenvalue weighted by molar-refractivity contribution is 0.280. The van der Waals surface area contributed by atoms with E-state index in [1.165, 1.54) is 17.5 Å². The summed E-state index contributed by atoms with van der Waals surface area (Å²) in [6.45, 7) is 4.25. The Labute approximate surface area is 120 Å². The van der Waals surface area contributed by atoms with Gasteiger partial charge in [-0.3, -0.25) is 0 Å². The molecular weight excluding hydrogens is 278 g/mol. The molecule has 20 heavy (non-hydrogen) atoms. The maximum atomic E-state index is 12.8. The molecule has 112 valence electrons. The predicted molar refractivity (Wildman–Crippen MR) is 76.1 cm³/mol. The maximum Gasteiger partial charge on any atom is 0.247 e. The van der Waals surface area contributed by atoms with Gasteiger partial charge in [-0.25, -0.2) is 8.42 Å². The quantitative estimate of drug-likeness (QED) is 0.920. The summed E-state index contributed by atoms with van der Waals surface area (Å²) in [6.07, 6.45) is 1.71. The van der Waals surface area contributed by atoms with Crippen molar-refractivity contribution in [2.45, 2.75) is 43.7 Å². The van der Waals surface area contributed by atoms with Crippen LogP contribution in [0.2, 0.25) is 0 Å². The Balaban J connectivity index is 2.49. The average molecular weight is 299 g/mol. The summed E-state index contributed by atoms with van der Waals surface area (Å²) in [5.74, 6) is 0.277. The number of nitrogens with zero attached hydrogens (tertiary/aromatic N) is 1. The van der Waals surface area contributed by atoms with Gasteiger partial charge in [0.25, 0.3) is 0 Å². The van der Waals surface area contributed by atoms with Crippen LogP contribution in [0.5, 0.6) is 5.75 Å². The van der Waals surface area contributed by atoms with Gasteiger partial charge in [-0.1, -0.05) is 6.07 Å². The molecule has 1 aromatic rings. The first-order chi connectivity index (χ1) is 9.32. The van der Waals surface area contributed by atoms with Gasteiger partial charge in [0.2, 0.25) is 10.0 Å². The van der Waals surface area contributed by atoms with Crippen LogP contribution < -0.4 is 4.74 Å². The average Bonchev–Trinajstić information content (AvgIpc) is 2.78. The van der Waals surface area contributed by atoms with Crippen molar-refractivity contribution in [1.29, 1.82) is 0 Å². The third-order valence-corrected chi connectivity index (χ3v) is 5.95. The largest absolute Gasteiger partial charge is 0.495 e. The molecule has 1 heterocycles. The molecule has 1 aliphatic heterocycles. The van der Waals surface area contributed by atoms with E-state index in [2.05, 4.69) is 0 Å². The Morgan fingerprint density at radius 3 is 2.60 bits per heavy atom. The lowest BCUT2D eigenvalue weighted by Gasteiger charge is -2.31. The van der Waals surface area contributed by atoms with Crippen LogP contribution in [0.1, 0.15) is 32.3 Å². The lowest BCUT2D eigenvalue weighted by Crippen LogP contribution is -2.42. The van der Waals surface area contributed by atoms with Crippen LogP contribution in [0.4, 0.5) is 0 Å². The lowest BCUT2D eigenvalue weighted by atomic mass is 10.0. The summed E-state index contributed by atoms with van der Waals surface area (Å²) in [4.78, 5) is 0.159. The zero-order valence-corrected chi connectivity index (χ0v) is 12.9. The minimum Gasteiger partial charge on any atom is -0.495 e. The monoisotopic (exact) mass is 299 g/mol. The second-order valence-electron chi connectivity index (χ2n) is 5.64. The number of ether oxygens (including phenoxy) is 1. The molecule has 0 saturated carbocycles. The van der Waals surface area contributed by atoms with E-state index in [9.17, 15) is 8.42 Å². The molecule has 0 aliphatic carbocycles. The van der Waals surface area contributed by atoms with Crippen LogP contribution in [-0.4, -0.2) is 37.0 Å². The number of benzene rings is 1. The van der Waals surface area contributed by atoms with E-state index < -0.39 is 10.0 Å². The number of rotatable bonds is 4. The Morgan fingerprint density at radius 2 is 2.10 bits per heavy atom. The Morgan fingerprint density at radius 1 is 1.40 bits per heavy atom. The number of aliphatic hydroxyl groups is 1. The Bertz CT molecular complexity index is 595. The molecule has 1 aromatic carbocycles. The number of sulfonamides is 1. The van der Waals surface area contributed by atoms with E-state index in [1.807, 2.05) is 13.8 Å². The van der Waals surface area contributed by atoms with E-state index in [0.717, 1.165) is 12.8 Å². The molecular formula is C14H21NO4S. The molecule has 2 rings (SSSR count). The van der Waals surface area contributed by atoms with Gasteiger partial charge in [-0.2, -0.15) is 4.31 Å². The van der Waals surface area contributed by atoms with Crippen LogP contribution >= 0.6 is 0 Å². The first-order valence-corrected chi connectivity index (χ1v) is 8.07. The van der Waals surface area contributed by atoms with E-state index in [1.54, 1.807) is 12.1 Å². The van der Waals surface area contributed by atoms with Gasteiger partial charge in [0.15, 0.2) is 0 Å². The molecule has 6 heteroatoms. The molecule has 0 radical (unpaired) electrons. The first-order valence-electron chi connectivity index (χ1n) is 6.63. The highest BCUT2D eigenvalue weighted by Crippen LogP contribution is 2.37. The van der Waals surface area contributed by atoms with Gasteiger partial charge < -0.3 is 9.84 Å². The predicted octanol–water partition coefficient (Wildman–Crippen LogP) is 1.75. The minimum atomic E-state index is -3.59. The van der Waals surface area contributed by atoms with Gasteiger partial charge in [-0.05, 0) is 44.4 Å².